The first kappa shape index (κ1) is 16.3. The third kappa shape index (κ3) is 2.95. The molecule has 2 aliphatic carbocycles. The third-order valence-electron chi connectivity index (χ3n) is 5.36. The van der Waals surface area contributed by atoms with Gasteiger partial charge in [0.05, 0.1) is 5.52 Å². The van der Waals surface area contributed by atoms with E-state index in [2.05, 4.69) is 15.5 Å². The molecule has 1 aromatic heterocycles. The van der Waals surface area contributed by atoms with Gasteiger partial charge in [-0.3, -0.25) is 9.89 Å². The Morgan fingerprint density at radius 3 is 2.65 bits per heavy atom. The number of amides is 1. The maximum atomic E-state index is 12.7. The summed E-state index contributed by atoms with van der Waals surface area (Å²) in [6, 6.07) is 8.31. The number of carbonyl (C=O) groups is 1. The maximum absolute atomic E-state index is 12.7. The summed E-state index contributed by atoms with van der Waals surface area (Å²) >= 11 is 0. The zero-order valence-corrected chi connectivity index (χ0v) is 13.8. The highest BCUT2D eigenvalue weighted by atomic mass is 35.5. The summed E-state index contributed by atoms with van der Waals surface area (Å²) in [5.74, 6) is 0.989. The van der Waals surface area contributed by atoms with Crippen molar-refractivity contribution in [2.24, 2.45) is 17.6 Å². The summed E-state index contributed by atoms with van der Waals surface area (Å²) in [6.07, 6.45) is 5.68. The number of fused-ring (bicyclic) bond motifs is 3. The van der Waals surface area contributed by atoms with Crippen LogP contribution >= 0.6 is 12.4 Å². The van der Waals surface area contributed by atoms with E-state index >= 15 is 0 Å². The Morgan fingerprint density at radius 1 is 1.22 bits per heavy atom. The lowest BCUT2D eigenvalue weighted by atomic mass is 9.67. The SMILES string of the molecule is Cl.NC1CC2CCCC(C1)C2NC(=O)c1n[nH]c2ccccc12. The fraction of sp³-hybridized carbons (Fsp3) is 0.529. The van der Waals surface area contributed by atoms with Crippen LogP contribution in [-0.4, -0.2) is 28.2 Å². The summed E-state index contributed by atoms with van der Waals surface area (Å²) in [7, 11) is 0. The summed E-state index contributed by atoms with van der Waals surface area (Å²) in [4.78, 5) is 12.7. The lowest BCUT2D eigenvalue weighted by molar-refractivity contribution is 0.0753. The van der Waals surface area contributed by atoms with Crippen molar-refractivity contribution in [2.45, 2.75) is 44.2 Å². The molecule has 1 aromatic carbocycles. The van der Waals surface area contributed by atoms with E-state index in [9.17, 15) is 4.79 Å². The van der Waals surface area contributed by atoms with E-state index in [1.807, 2.05) is 24.3 Å². The second-order valence-corrected chi connectivity index (χ2v) is 6.80. The van der Waals surface area contributed by atoms with Crippen LogP contribution in [0, 0.1) is 11.8 Å². The number of carbonyl (C=O) groups excluding carboxylic acids is 1. The number of aromatic nitrogens is 2. The van der Waals surface area contributed by atoms with Gasteiger partial charge in [0, 0.05) is 17.5 Å². The van der Waals surface area contributed by atoms with E-state index in [-0.39, 0.29) is 24.4 Å². The highest BCUT2D eigenvalue weighted by Gasteiger charge is 2.40. The first-order valence-corrected chi connectivity index (χ1v) is 8.22. The third-order valence-corrected chi connectivity index (χ3v) is 5.36. The summed E-state index contributed by atoms with van der Waals surface area (Å²) in [6.45, 7) is 0. The highest BCUT2D eigenvalue weighted by Crippen LogP contribution is 2.39. The molecule has 23 heavy (non-hydrogen) atoms. The molecule has 1 heterocycles. The maximum Gasteiger partial charge on any atom is 0.272 e. The first-order valence-electron chi connectivity index (χ1n) is 8.22. The molecule has 4 rings (SSSR count). The molecule has 0 radical (unpaired) electrons. The Labute approximate surface area is 141 Å². The fourth-order valence-corrected chi connectivity index (χ4v) is 4.38. The Kier molecular flexibility index (Phi) is 4.60. The van der Waals surface area contributed by atoms with Crippen molar-refractivity contribution in [3.8, 4) is 0 Å². The molecule has 2 aliphatic rings. The number of hydrogen-bond donors (Lipinski definition) is 3. The van der Waals surface area contributed by atoms with Gasteiger partial charge >= 0.3 is 0 Å². The van der Waals surface area contributed by atoms with E-state index in [0.29, 0.717) is 23.6 Å². The molecular weight excluding hydrogens is 312 g/mol. The predicted octanol–water partition coefficient (Wildman–Crippen LogP) is 2.62. The number of nitrogens with two attached hydrogens (primary N) is 1. The molecule has 6 heteroatoms. The average Bonchev–Trinajstić information content (AvgIpc) is 2.92. The van der Waals surface area contributed by atoms with Crippen LogP contribution in [0.4, 0.5) is 0 Å². The van der Waals surface area contributed by atoms with Gasteiger partial charge in [0.2, 0.25) is 0 Å². The molecule has 5 nitrogen and oxygen atoms in total. The molecule has 2 fully saturated rings. The van der Waals surface area contributed by atoms with Crippen LogP contribution in [0.2, 0.25) is 0 Å². The second-order valence-electron chi connectivity index (χ2n) is 6.80. The van der Waals surface area contributed by atoms with Crippen molar-refractivity contribution in [2.75, 3.05) is 0 Å². The van der Waals surface area contributed by atoms with Crippen LogP contribution in [0.15, 0.2) is 24.3 Å². The second kappa shape index (κ2) is 6.49. The van der Waals surface area contributed by atoms with Crippen LogP contribution < -0.4 is 11.1 Å². The minimum atomic E-state index is -0.0604. The van der Waals surface area contributed by atoms with E-state index < -0.39 is 0 Å². The van der Waals surface area contributed by atoms with Crippen LogP contribution in [0.5, 0.6) is 0 Å². The molecule has 2 bridgehead atoms. The molecular formula is C17H23ClN4O. The standard InChI is InChI=1S/C17H22N4O.ClH/c18-12-8-10-4-3-5-11(9-12)15(10)19-17(22)16-13-6-1-2-7-14(13)20-21-16;/h1-2,6-7,10-12,15H,3-5,8-9,18H2,(H,19,22)(H,20,21);1H. The fourth-order valence-electron chi connectivity index (χ4n) is 4.38. The highest BCUT2D eigenvalue weighted by molar-refractivity contribution is 6.04. The molecule has 124 valence electrons. The molecule has 2 saturated carbocycles. The molecule has 1 amide bonds. The van der Waals surface area contributed by atoms with Crippen molar-refractivity contribution in [1.29, 1.82) is 0 Å². The monoisotopic (exact) mass is 334 g/mol. The topological polar surface area (TPSA) is 83.8 Å². The molecule has 4 N–H and O–H groups in total. The van der Waals surface area contributed by atoms with Crippen molar-refractivity contribution in [1.82, 2.24) is 15.5 Å². The van der Waals surface area contributed by atoms with E-state index in [0.717, 1.165) is 23.7 Å². The number of nitrogens with zero attached hydrogens (tertiary/aromatic N) is 1. The van der Waals surface area contributed by atoms with Gasteiger partial charge in [-0.1, -0.05) is 24.6 Å². The van der Waals surface area contributed by atoms with Gasteiger partial charge in [0.15, 0.2) is 5.69 Å². The Morgan fingerprint density at radius 2 is 1.91 bits per heavy atom. The predicted molar refractivity (Wildman–Crippen MR) is 92.6 cm³/mol. The molecule has 0 spiro atoms. The average molecular weight is 335 g/mol. The van der Waals surface area contributed by atoms with Gasteiger partial charge < -0.3 is 11.1 Å². The van der Waals surface area contributed by atoms with Crippen LogP contribution in [0.1, 0.15) is 42.6 Å². The summed E-state index contributed by atoms with van der Waals surface area (Å²) in [5, 5.41) is 11.3. The van der Waals surface area contributed by atoms with Gasteiger partial charge in [0.25, 0.3) is 5.91 Å². The number of aromatic amines is 1. The molecule has 0 aliphatic heterocycles. The van der Waals surface area contributed by atoms with Crippen molar-refractivity contribution < 1.29 is 4.79 Å². The number of halogens is 1. The molecule has 2 unspecified atom stereocenters. The van der Waals surface area contributed by atoms with Gasteiger partial charge in [-0.15, -0.1) is 12.4 Å². The summed E-state index contributed by atoms with van der Waals surface area (Å²) < 4.78 is 0. The molecule has 0 saturated heterocycles. The van der Waals surface area contributed by atoms with E-state index in [4.69, 9.17) is 5.73 Å². The van der Waals surface area contributed by atoms with Crippen molar-refractivity contribution >= 4 is 29.2 Å². The van der Waals surface area contributed by atoms with Gasteiger partial charge in [-0.05, 0) is 43.6 Å². The lowest BCUT2D eigenvalue weighted by Gasteiger charge is -2.45. The summed E-state index contributed by atoms with van der Waals surface area (Å²) in [5.41, 5.74) is 7.56. The number of para-hydroxylation sites is 1. The zero-order valence-electron chi connectivity index (χ0n) is 13.0. The molecule has 2 atom stereocenters. The molecule has 2 aromatic rings. The lowest BCUT2D eigenvalue weighted by Crippen LogP contribution is -2.53. The van der Waals surface area contributed by atoms with Crippen molar-refractivity contribution in [3.63, 3.8) is 0 Å². The quantitative estimate of drug-likeness (QED) is 0.789. The zero-order chi connectivity index (χ0) is 15.1. The van der Waals surface area contributed by atoms with Gasteiger partial charge in [-0.25, -0.2) is 0 Å². The smallest absolute Gasteiger partial charge is 0.272 e. The van der Waals surface area contributed by atoms with E-state index in [1.54, 1.807) is 0 Å². The minimum absolute atomic E-state index is 0. The number of rotatable bonds is 2. The van der Waals surface area contributed by atoms with Crippen LogP contribution in [0.25, 0.3) is 10.9 Å². The number of benzene rings is 1. The number of nitrogens with one attached hydrogen (secondary N) is 2. The van der Waals surface area contributed by atoms with E-state index in [1.165, 1.54) is 19.3 Å². The minimum Gasteiger partial charge on any atom is -0.347 e. The first-order chi connectivity index (χ1) is 10.7. The largest absolute Gasteiger partial charge is 0.347 e. The Balaban J connectivity index is 0.00000156. The van der Waals surface area contributed by atoms with Crippen LogP contribution in [0.3, 0.4) is 0 Å². The Bertz CT molecular complexity index is 687. The van der Waals surface area contributed by atoms with Crippen molar-refractivity contribution in [3.05, 3.63) is 30.0 Å². The number of H-pyrrole nitrogens is 1. The van der Waals surface area contributed by atoms with Gasteiger partial charge in [-0.2, -0.15) is 5.10 Å². The Hall–Kier alpha value is -1.59. The normalized spacial score (nSPS) is 29.8. The van der Waals surface area contributed by atoms with Gasteiger partial charge in [0.1, 0.15) is 0 Å². The van der Waals surface area contributed by atoms with Crippen LogP contribution in [-0.2, 0) is 0 Å². The number of hydrogen-bond acceptors (Lipinski definition) is 3.